The number of hydrogen-bond acceptors (Lipinski definition) is 2. The lowest BCUT2D eigenvalue weighted by atomic mass is 9.72. The van der Waals surface area contributed by atoms with Crippen LogP contribution in [0.1, 0.15) is 60.3 Å². The minimum absolute atomic E-state index is 0.0975. The van der Waals surface area contributed by atoms with E-state index in [4.69, 9.17) is 5.11 Å². The minimum Gasteiger partial charge on any atom is -0.396 e. The van der Waals surface area contributed by atoms with Crippen LogP contribution in [0.5, 0.6) is 0 Å². The quantitative estimate of drug-likeness (QED) is 0.521. The molecule has 0 spiro atoms. The molecular weight excluding hydrogens is 282 g/mol. The third-order valence-electron chi connectivity index (χ3n) is 4.80. The smallest absolute Gasteiger partial charge is 0.0949 e. The predicted octanol–water partition coefficient (Wildman–Crippen LogP) is 5.48. The van der Waals surface area contributed by atoms with Crippen molar-refractivity contribution in [2.75, 3.05) is 6.61 Å². The molecule has 0 aromatic heterocycles. The van der Waals surface area contributed by atoms with Gasteiger partial charge in [0.15, 0.2) is 0 Å². The second-order valence-corrected chi connectivity index (χ2v) is 7.32. The molecule has 0 saturated heterocycles. The van der Waals surface area contributed by atoms with Crippen LogP contribution < -0.4 is 0 Å². The molecule has 0 saturated carbocycles. The molecule has 1 unspecified atom stereocenters. The maximum Gasteiger partial charge on any atom is 0.0949 e. The first-order chi connectivity index (χ1) is 10.8. The van der Waals surface area contributed by atoms with E-state index in [0.717, 1.165) is 11.1 Å². The Hall–Kier alpha value is -1.59. The Kier molecular flexibility index (Phi) is 7.52. The van der Waals surface area contributed by atoms with E-state index in [2.05, 4.69) is 45.9 Å². The Morgan fingerprint density at radius 2 is 2.09 bits per heavy atom. The fourth-order valence-electron chi connectivity index (χ4n) is 3.16. The molecular formula is C21H31NO. The van der Waals surface area contributed by atoms with Crippen molar-refractivity contribution in [3.05, 3.63) is 46.6 Å². The highest BCUT2D eigenvalue weighted by Gasteiger charge is 2.26. The van der Waals surface area contributed by atoms with E-state index in [9.17, 15) is 5.26 Å². The topological polar surface area (TPSA) is 44.0 Å². The summed E-state index contributed by atoms with van der Waals surface area (Å²) in [5, 5.41) is 18.2. The summed E-state index contributed by atoms with van der Waals surface area (Å²) in [5.41, 5.74) is 5.06. The van der Waals surface area contributed by atoms with Crippen LogP contribution in [-0.2, 0) is 0 Å². The Labute approximate surface area is 141 Å². The molecule has 0 aliphatic heterocycles. The van der Waals surface area contributed by atoms with Crippen molar-refractivity contribution in [2.24, 2.45) is 11.3 Å². The first kappa shape index (κ1) is 19.5. The highest BCUT2D eigenvalue weighted by Crippen LogP contribution is 2.40. The summed E-state index contributed by atoms with van der Waals surface area (Å²) in [6.07, 6.45) is 12.6. The number of aliphatic hydroxyl groups excluding tert-OH is 1. The summed E-state index contributed by atoms with van der Waals surface area (Å²) in [4.78, 5) is 0. The molecule has 1 atom stereocenters. The van der Waals surface area contributed by atoms with Gasteiger partial charge in [0.05, 0.1) is 6.07 Å². The molecule has 1 aliphatic rings. The second kappa shape index (κ2) is 8.89. The molecule has 0 aromatic carbocycles. The maximum atomic E-state index is 9.22. The third-order valence-corrected chi connectivity index (χ3v) is 4.80. The lowest BCUT2D eigenvalue weighted by molar-refractivity contribution is 0.272. The standard InChI is InChI=1S/C21H31NO/c1-16(8-10-19(15-22)17(2)12-14-23)9-11-20-18(3)7-6-13-21(20,4)5/h8-11,17,23H,6-7,12-14H2,1-5H3/b11-9+,16-8+,19-10+. The fraction of sp³-hybridized carbons (Fsp3) is 0.571. The molecule has 2 nitrogen and oxygen atoms in total. The van der Waals surface area contributed by atoms with E-state index in [-0.39, 0.29) is 17.9 Å². The van der Waals surface area contributed by atoms with Gasteiger partial charge in [-0.1, -0.05) is 50.1 Å². The van der Waals surface area contributed by atoms with Crippen LogP contribution in [0.25, 0.3) is 0 Å². The van der Waals surface area contributed by atoms with Gasteiger partial charge in [0, 0.05) is 12.2 Å². The Bertz CT molecular complexity index is 567. The number of rotatable bonds is 6. The largest absolute Gasteiger partial charge is 0.396 e. The summed E-state index contributed by atoms with van der Waals surface area (Å²) in [6, 6.07) is 2.24. The zero-order chi connectivity index (χ0) is 17.5. The molecule has 1 aliphatic carbocycles. The number of aliphatic hydroxyl groups is 1. The van der Waals surface area contributed by atoms with E-state index >= 15 is 0 Å². The van der Waals surface area contributed by atoms with E-state index in [0.29, 0.717) is 6.42 Å². The number of nitrogens with zero attached hydrogens (tertiary/aromatic N) is 1. The average Bonchev–Trinajstić information content (AvgIpc) is 2.47. The van der Waals surface area contributed by atoms with Crippen LogP contribution in [0.2, 0.25) is 0 Å². The Balaban J connectivity index is 2.89. The zero-order valence-corrected chi connectivity index (χ0v) is 15.3. The average molecular weight is 313 g/mol. The molecule has 0 radical (unpaired) electrons. The molecule has 0 aromatic rings. The first-order valence-electron chi connectivity index (χ1n) is 8.59. The van der Waals surface area contributed by atoms with Crippen molar-refractivity contribution < 1.29 is 5.11 Å². The van der Waals surface area contributed by atoms with Crippen molar-refractivity contribution in [2.45, 2.75) is 60.3 Å². The summed E-state index contributed by atoms with van der Waals surface area (Å²) in [7, 11) is 0. The molecule has 23 heavy (non-hydrogen) atoms. The molecule has 1 rings (SSSR count). The fourth-order valence-corrected chi connectivity index (χ4v) is 3.16. The van der Waals surface area contributed by atoms with Gasteiger partial charge in [-0.15, -0.1) is 0 Å². The number of allylic oxidation sites excluding steroid dienone is 8. The minimum atomic E-state index is 0.0975. The molecule has 126 valence electrons. The van der Waals surface area contributed by atoms with Gasteiger partial charge in [-0.05, 0) is 62.5 Å². The lowest BCUT2D eigenvalue weighted by Crippen LogP contribution is -2.19. The van der Waals surface area contributed by atoms with Crippen LogP contribution in [0.3, 0.4) is 0 Å². The Morgan fingerprint density at radius 1 is 1.39 bits per heavy atom. The summed E-state index contributed by atoms with van der Waals surface area (Å²) in [6.45, 7) is 11.0. The van der Waals surface area contributed by atoms with Gasteiger partial charge in [0.2, 0.25) is 0 Å². The van der Waals surface area contributed by atoms with Crippen molar-refractivity contribution in [1.82, 2.24) is 0 Å². The van der Waals surface area contributed by atoms with E-state index in [1.807, 2.05) is 19.1 Å². The number of nitriles is 1. The molecule has 1 N–H and O–H groups in total. The van der Waals surface area contributed by atoms with Gasteiger partial charge in [0.25, 0.3) is 0 Å². The van der Waals surface area contributed by atoms with Gasteiger partial charge in [-0.3, -0.25) is 0 Å². The Morgan fingerprint density at radius 3 is 2.65 bits per heavy atom. The third kappa shape index (κ3) is 5.84. The van der Waals surface area contributed by atoms with Crippen LogP contribution in [0, 0.1) is 22.7 Å². The van der Waals surface area contributed by atoms with Crippen molar-refractivity contribution in [1.29, 1.82) is 5.26 Å². The van der Waals surface area contributed by atoms with Crippen LogP contribution in [0.4, 0.5) is 0 Å². The first-order valence-corrected chi connectivity index (χ1v) is 8.59. The maximum absolute atomic E-state index is 9.22. The predicted molar refractivity (Wildman–Crippen MR) is 97.8 cm³/mol. The van der Waals surface area contributed by atoms with Gasteiger partial charge < -0.3 is 5.11 Å². The van der Waals surface area contributed by atoms with Crippen molar-refractivity contribution in [3.63, 3.8) is 0 Å². The van der Waals surface area contributed by atoms with Crippen molar-refractivity contribution in [3.8, 4) is 6.07 Å². The molecule has 0 fully saturated rings. The van der Waals surface area contributed by atoms with E-state index in [1.165, 1.54) is 30.4 Å². The highest BCUT2D eigenvalue weighted by atomic mass is 16.3. The molecule has 2 heteroatoms. The number of hydrogen-bond donors (Lipinski definition) is 1. The van der Waals surface area contributed by atoms with Crippen molar-refractivity contribution >= 4 is 0 Å². The SMILES string of the molecule is CC1=C(/C=C/C(C)=C/C=C(\C#N)C(C)CCO)C(C)(C)CCC1. The van der Waals surface area contributed by atoms with E-state index < -0.39 is 0 Å². The van der Waals surface area contributed by atoms with Crippen LogP contribution >= 0.6 is 0 Å². The normalized spacial score (nSPS) is 20.7. The summed E-state index contributed by atoms with van der Waals surface area (Å²) >= 11 is 0. The van der Waals surface area contributed by atoms with Crippen LogP contribution in [0.15, 0.2) is 46.6 Å². The molecule has 0 bridgehead atoms. The van der Waals surface area contributed by atoms with Gasteiger partial charge in [-0.2, -0.15) is 5.26 Å². The molecule has 0 heterocycles. The highest BCUT2D eigenvalue weighted by molar-refractivity contribution is 5.38. The van der Waals surface area contributed by atoms with Crippen LogP contribution in [-0.4, -0.2) is 11.7 Å². The van der Waals surface area contributed by atoms with Gasteiger partial charge in [-0.25, -0.2) is 0 Å². The van der Waals surface area contributed by atoms with E-state index in [1.54, 1.807) is 0 Å². The zero-order valence-electron chi connectivity index (χ0n) is 15.3. The molecule has 0 amide bonds. The monoisotopic (exact) mass is 313 g/mol. The summed E-state index contributed by atoms with van der Waals surface area (Å²) < 4.78 is 0. The van der Waals surface area contributed by atoms with Gasteiger partial charge in [0.1, 0.15) is 0 Å². The lowest BCUT2D eigenvalue weighted by Gasteiger charge is -2.32. The summed E-state index contributed by atoms with van der Waals surface area (Å²) in [5.74, 6) is 0.0975. The second-order valence-electron chi connectivity index (χ2n) is 7.32. The van der Waals surface area contributed by atoms with Gasteiger partial charge >= 0.3 is 0 Å².